The Kier molecular flexibility index (Phi) is 6.01. The fraction of sp³-hybridized carbons (Fsp3) is 0.250. The minimum Gasteiger partial charge on any atom is -0.493 e. The number of hydrogen-bond acceptors (Lipinski definition) is 4. The van der Waals surface area contributed by atoms with E-state index in [1.807, 2.05) is 57.2 Å². The highest BCUT2D eigenvalue weighted by atomic mass is 16.5. The summed E-state index contributed by atoms with van der Waals surface area (Å²) < 4.78 is 16.1. The molecule has 0 aliphatic carbocycles. The second-order valence-corrected chi connectivity index (χ2v) is 5.42. The second kappa shape index (κ2) is 8.20. The lowest BCUT2D eigenvalue weighted by atomic mass is 10.1. The molecule has 24 heavy (non-hydrogen) atoms. The third-order valence-corrected chi connectivity index (χ3v) is 3.31. The molecule has 0 aromatic heterocycles. The van der Waals surface area contributed by atoms with E-state index in [1.165, 1.54) is 6.08 Å². The van der Waals surface area contributed by atoms with Crippen LogP contribution in [0.1, 0.15) is 23.6 Å². The van der Waals surface area contributed by atoms with Gasteiger partial charge in [-0.3, -0.25) is 0 Å². The van der Waals surface area contributed by atoms with Gasteiger partial charge >= 0.3 is 5.97 Å². The van der Waals surface area contributed by atoms with Gasteiger partial charge in [0, 0.05) is 6.08 Å². The summed E-state index contributed by atoms with van der Waals surface area (Å²) in [6, 6.07) is 11.2. The normalized spacial score (nSPS) is 10.7. The molecule has 2 aromatic carbocycles. The van der Waals surface area contributed by atoms with Crippen molar-refractivity contribution in [1.82, 2.24) is 0 Å². The van der Waals surface area contributed by atoms with Crippen molar-refractivity contribution in [3.63, 3.8) is 0 Å². The van der Waals surface area contributed by atoms with E-state index in [4.69, 9.17) is 14.2 Å². The van der Waals surface area contributed by atoms with Crippen molar-refractivity contribution >= 4 is 12.0 Å². The molecule has 126 valence electrons. The van der Waals surface area contributed by atoms with Crippen LogP contribution in [0.15, 0.2) is 42.5 Å². The van der Waals surface area contributed by atoms with Crippen molar-refractivity contribution < 1.29 is 19.0 Å². The lowest BCUT2D eigenvalue weighted by molar-refractivity contribution is -0.128. The van der Waals surface area contributed by atoms with Crippen LogP contribution in [0.4, 0.5) is 0 Å². The average Bonchev–Trinajstić information content (AvgIpc) is 2.53. The molecule has 0 bridgehead atoms. The molecule has 0 aliphatic heterocycles. The molecule has 2 aromatic rings. The van der Waals surface area contributed by atoms with Crippen molar-refractivity contribution in [2.75, 3.05) is 13.7 Å². The monoisotopic (exact) mass is 326 g/mol. The maximum Gasteiger partial charge on any atom is 0.336 e. The third-order valence-electron chi connectivity index (χ3n) is 3.31. The molecule has 2 rings (SSSR count). The van der Waals surface area contributed by atoms with Crippen LogP contribution < -0.4 is 14.2 Å². The number of carbonyl (C=O) groups excluding carboxylic acids is 1. The van der Waals surface area contributed by atoms with Crippen molar-refractivity contribution in [3.05, 3.63) is 59.2 Å². The highest BCUT2D eigenvalue weighted by Gasteiger charge is 2.05. The van der Waals surface area contributed by atoms with Crippen LogP contribution in [0, 0.1) is 13.8 Å². The summed E-state index contributed by atoms with van der Waals surface area (Å²) >= 11 is 0. The van der Waals surface area contributed by atoms with Crippen LogP contribution in [0.3, 0.4) is 0 Å². The number of carbonyl (C=O) groups is 1. The predicted molar refractivity (Wildman–Crippen MR) is 94.7 cm³/mol. The van der Waals surface area contributed by atoms with E-state index in [9.17, 15) is 4.79 Å². The van der Waals surface area contributed by atoms with E-state index in [-0.39, 0.29) is 0 Å². The molecule has 0 saturated heterocycles. The van der Waals surface area contributed by atoms with E-state index in [2.05, 4.69) is 0 Å². The molecule has 0 amide bonds. The van der Waals surface area contributed by atoms with Gasteiger partial charge in [-0.05, 0) is 67.8 Å². The van der Waals surface area contributed by atoms with Gasteiger partial charge in [0.15, 0.2) is 11.5 Å². The summed E-state index contributed by atoms with van der Waals surface area (Å²) in [4.78, 5) is 12.0. The summed E-state index contributed by atoms with van der Waals surface area (Å²) in [5, 5.41) is 0. The van der Waals surface area contributed by atoms with E-state index < -0.39 is 5.97 Å². The van der Waals surface area contributed by atoms with Crippen molar-refractivity contribution in [3.8, 4) is 17.2 Å². The largest absolute Gasteiger partial charge is 0.493 e. The Balaban J connectivity index is 2.08. The number of rotatable bonds is 6. The molecular weight excluding hydrogens is 304 g/mol. The van der Waals surface area contributed by atoms with Crippen LogP contribution in [-0.2, 0) is 4.79 Å². The Bertz CT molecular complexity index is 727. The second-order valence-electron chi connectivity index (χ2n) is 5.42. The lowest BCUT2D eigenvalue weighted by Gasteiger charge is -2.09. The number of aryl methyl sites for hydroxylation is 2. The van der Waals surface area contributed by atoms with E-state index in [0.29, 0.717) is 23.9 Å². The number of benzene rings is 2. The van der Waals surface area contributed by atoms with Gasteiger partial charge in [-0.15, -0.1) is 0 Å². The van der Waals surface area contributed by atoms with Crippen LogP contribution in [0.5, 0.6) is 17.2 Å². The zero-order valence-electron chi connectivity index (χ0n) is 14.5. The number of esters is 1. The van der Waals surface area contributed by atoms with Gasteiger partial charge in [-0.1, -0.05) is 12.1 Å². The predicted octanol–water partition coefficient (Wildman–Crippen LogP) is 4.33. The zero-order chi connectivity index (χ0) is 17.5. The van der Waals surface area contributed by atoms with Gasteiger partial charge in [-0.2, -0.15) is 0 Å². The Labute approximate surface area is 142 Å². The maximum absolute atomic E-state index is 12.0. The maximum atomic E-state index is 12.0. The highest BCUT2D eigenvalue weighted by Crippen LogP contribution is 2.28. The standard InChI is InChI=1S/C20H22O4/c1-5-23-18-8-6-16(13-19(18)22-4)7-9-20(21)24-17-11-14(2)10-15(3)12-17/h6-13H,5H2,1-4H3/b9-7+. The summed E-state index contributed by atoms with van der Waals surface area (Å²) in [5.74, 6) is 1.43. The van der Waals surface area contributed by atoms with Crippen LogP contribution in [0.2, 0.25) is 0 Å². The quantitative estimate of drug-likeness (QED) is 0.450. The summed E-state index contributed by atoms with van der Waals surface area (Å²) in [6.07, 6.45) is 3.08. The van der Waals surface area contributed by atoms with Crippen molar-refractivity contribution in [2.45, 2.75) is 20.8 Å². The molecule has 4 nitrogen and oxygen atoms in total. The van der Waals surface area contributed by atoms with E-state index >= 15 is 0 Å². The number of methoxy groups -OCH3 is 1. The summed E-state index contributed by atoms with van der Waals surface area (Å²) in [6.45, 7) is 6.41. The first-order chi connectivity index (χ1) is 11.5. The van der Waals surface area contributed by atoms with E-state index in [1.54, 1.807) is 13.2 Å². The van der Waals surface area contributed by atoms with Crippen LogP contribution in [-0.4, -0.2) is 19.7 Å². The van der Waals surface area contributed by atoms with Gasteiger partial charge in [-0.25, -0.2) is 4.79 Å². The first kappa shape index (κ1) is 17.6. The van der Waals surface area contributed by atoms with Gasteiger partial charge in [0.2, 0.25) is 0 Å². The molecule has 0 saturated carbocycles. The molecule has 0 heterocycles. The highest BCUT2D eigenvalue weighted by molar-refractivity contribution is 5.88. The Morgan fingerprint density at radius 1 is 1.04 bits per heavy atom. The Morgan fingerprint density at radius 2 is 1.75 bits per heavy atom. The molecule has 4 heteroatoms. The average molecular weight is 326 g/mol. The molecule has 0 N–H and O–H groups in total. The van der Waals surface area contributed by atoms with Gasteiger partial charge in [0.25, 0.3) is 0 Å². The Hall–Kier alpha value is -2.75. The minimum atomic E-state index is -0.423. The minimum absolute atomic E-state index is 0.423. The fourth-order valence-corrected chi connectivity index (χ4v) is 2.37. The zero-order valence-corrected chi connectivity index (χ0v) is 14.5. The van der Waals surface area contributed by atoms with Crippen LogP contribution >= 0.6 is 0 Å². The first-order valence-electron chi connectivity index (χ1n) is 7.81. The smallest absolute Gasteiger partial charge is 0.336 e. The molecule has 0 unspecified atom stereocenters. The molecule has 0 radical (unpaired) electrons. The summed E-state index contributed by atoms with van der Waals surface area (Å²) in [5.41, 5.74) is 2.93. The van der Waals surface area contributed by atoms with Gasteiger partial charge in [0.1, 0.15) is 5.75 Å². The van der Waals surface area contributed by atoms with E-state index in [0.717, 1.165) is 16.7 Å². The summed E-state index contributed by atoms with van der Waals surface area (Å²) in [7, 11) is 1.58. The van der Waals surface area contributed by atoms with Gasteiger partial charge < -0.3 is 14.2 Å². The lowest BCUT2D eigenvalue weighted by Crippen LogP contribution is -2.04. The molecular formula is C20H22O4. The van der Waals surface area contributed by atoms with Crippen molar-refractivity contribution in [2.24, 2.45) is 0 Å². The molecule has 0 aliphatic rings. The molecule has 0 atom stereocenters. The topological polar surface area (TPSA) is 44.8 Å². The SMILES string of the molecule is CCOc1ccc(/C=C/C(=O)Oc2cc(C)cc(C)c2)cc1OC. The van der Waals surface area contributed by atoms with Gasteiger partial charge in [0.05, 0.1) is 13.7 Å². The third kappa shape index (κ3) is 4.88. The Morgan fingerprint density at radius 3 is 2.38 bits per heavy atom. The van der Waals surface area contributed by atoms with Crippen molar-refractivity contribution in [1.29, 1.82) is 0 Å². The molecule has 0 fully saturated rings. The first-order valence-corrected chi connectivity index (χ1v) is 7.81. The van der Waals surface area contributed by atoms with Crippen LogP contribution in [0.25, 0.3) is 6.08 Å². The number of ether oxygens (including phenoxy) is 3. The number of hydrogen-bond donors (Lipinski definition) is 0. The molecule has 0 spiro atoms. The fourth-order valence-electron chi connectivity index (χ4n) is 2.37.